The van der Waals surface area contributed by atoms with E-state index in [4.69, 9.17) is 28.5 Å². The van der Waals surface area contributed by atoms with Crippen molar-refractivity contribution in [3.63, 3.8) is 0 Å². The van der Waals surface area contributed by atoms with Crippen molar-refractivity contribution in [3.8, 4) is 50.4 Å². The number of carbonyl (C=O) groups is 1. The predicted molar refractivity (Wildman–Crippen MR) is 230 cm³/mol. The number of rotatable bonds is 7. The van der Waals surface area contributed by atoms with E-state index in [0.29, 0.717) is 23.3 Å². The third-order valence-corrected chi connectivity index (χ3v) is 10.9. The molecular weight excluding hydrogens is 802 g/mol. The number of hydrogen-bond acceptors (Lipinski definition) is 10. The molecule has 16 heteroatoms. The molecule has 2 aliphatic rings. The average Bonchev–Trinajstić information content (AvgIpc) is 4.11. The molecule has 0 aliphatic heterocycles. The van der Waals surface area contributed by atoms with Crippen LogP contribution in [-0.4, -0.2) is 59.8 Å². The summed E-state index contributed by atoms with van der Waals surface area (Å²) in [5, 5.41) is 8.22. The standard InChI is InChI=1S/C22H22N4O2.C21H20N4O2.C2HF3O.CH4/c1-11-7-8-23-22(27-4)18(11)16-9-15(19-12(2)26-28-13(19)3)10-17-20(16)25-21(24-17)14-5-6-14;1-10-6-7-22-21(26)17(10)15-8-14(18-11(2)25-27-12(18)3)9-16-19(15)24-20(23-16)13-4-5-13;3-2(4,5)1-6;/h7-10,14H,5-6H2,1-4H3,(H,24,25);6-9,13H,4-5H2,1-3H3,(H,22,26)(H,23,24);1H;1H4. The highest BCUT2D eigenvalue weighted by Gasteiger charge is 2.30. The van der Waals surface area contributed by atoms with Gasteiger partial charge in [0.2, 0.25) is 12.2 Å². The molecule has 0 unspecified atom stereocenters. The summed E-state index contributed by atoms with van der Waals surface area (Å²) in [6, 6.07) is 12.3. The van der Waals surface area contributed by atoms with E-state index >= 15 is 0 Å². The molecule has 8 aromatic rings. The molecule has 6 heterocycles. The second kappa shape index (κ2) is 16.9. The SMILES string of the molecule is C.COc1nccc(C)c1-c1cc(-c2c(C)noc2C)cc2[nH]c(C3CC3)nc12.Cc1cc[nH]c(=O)c1-c1cc(-c2c(C)noc2C)cc2[nH]c(C3CC3)nc12.O=CC(F)(F)F. The highest BCUT2D eigenvalue weighted by molar-refractivity contribution is 5.99. The Kier molecular flexibility index (Phi) is 11.8. The summed E-state index contributed by atoms with van der Waals surface area (Å²) in [5.74, 6) is 5.29. The van der Waals surface area contributed by atoms with Crippen molar-refractivity contribution >= 4 is 28.4 Å². The number of hydrogen-bond donors (Lipinski definition) is 3. The summed E-state index contributed by atoms with van der Waals surface area (Å²) in [4.78, 5) is 45.4. The predicted octanol–water partition coefficient (Wildman–Crippen LogP) is 10.9. The van der Waals surface area contributed by atoms with Gasteiger partial charge in [-0.15, -0.1) is 0 Å². The number of carbonyl (C=O) groups excluding carboxylic acids is 1. The Labute approximate surface area is 354 Å². The second-order valence-electron chi connectivity index (χ2n) is 15.6. The third kappa shape index (κ3) is 8.54. The van der Waals surface area contributed by atoms with Crippen molar-refractivity contribution in [2.24, 2.45) is 0 Å². The first kappa shape index (κ1) is 43.3. The number of pyridine rings is 2. The summed E-state index contributed by atoms with van der Waals surface area (Å²) in [5.41, 5.74) is 14.8. The van der Waals surface area contributed by atoms with E-state index in [9.17, 15) is 18.0 Å². The van der Waals surface area contributed by atoms with Crippen LogP contribution in [0.3, 0.4) is 0 Å². The number of nitrogens with zero attached hydrogens (tertiary/aromatic N) is 5. The molecule has 0 bridgehead atoms. The van der Waals surface area contributed by atoms with Crippen molar-refractivity contribution in [1.82, 2.24) is 40.2 Å². The van der Waals surface area contributed by atoms with Crippen LogP contribution in [0.2, 0.25) is 0 Å². The molecule has 0 spiro atoms. The number of alkyl halides is 3. The number of nitrogens with one attached hydrogen (secondary N) is 3. The number of aromatic amines is 3. The number of aldehydes is 1. The van der Waals surface area contributed by atoms with Crippen LogP contribution >= 0.6 is 0 Å². The first-order chi connectivity index (χ1) is 29.1. The van der Waals surface area contributed by atoms with Crippen LogP contribution in [0.5, 0.6) is 5.88 Å². The quantitative estimate of drug-likeness (QED) is 0.131. The van der Waals surface area contributed by atoms with Crippen molar-refractivity contribution in [3.05, 3.63) is 105 Å². The van der Waals surface area contributed by atoms with Gasteiger partial charge in [-0.3, -0.25) is 9.59 Å². The fraction of sp³-hybridized carbons (Fsp3) is 0.326. The largest absolute Gasteiger partial charge is 0.481 e. The van der Waals surface area contributed by atoms with Crippen LogP contribution in [0.15, 0.2) is 62.6 Å². The number of benzene rings is 2. The van der Waals surface area contributed by atoms with E-state index in [0.717, 1.165) is 120 Å². The number of aryl methyl sites for hydroxylation is 6. The van der Waals surface area contributed by atoms with Crippen LogP contribution < -0.4 is 10.3 Å². The Balaban J connectivity index is 0.000000163. The van der Waals surface area contributed by atoms with Crippen LogP contribution in [0.1, 0.15) is 90.6 Å². The van der Waals surface area contributed by atoms with E-state index in [1.165, 1.54) is 12.8 Å². The molecule has 2 aromatic carbocycles. The maximum absolute atomic E-state index is 12.6. The third-order valence-electron chi connectivity index (χ3n) is 10.9. The molecule has 0 amide bonds. The molecule has 3 N–H and O–H groups in total. The molecule has 322 valence electrons. The maximum Gasteiger partial charge on any atom is 0.446 e. The topological polar surface area (TPSA) is 181 Å². The van der Waals surface area contributed by atoms with Gasteiger partial charge in [0, 0.05) is 52.0 Å². The van der Waals surface area contributed by atoms with E-state index in [1.807, 2.05) is 52.8 Å². The van der Waals surface area contributed by atoms with E-state index < -0.39 is 12.5 Å². The lowest BCUT2D eigenvalue weighted by atomic mass is 9.95. The van der Waals surface area contributed by atoms with Gasteiger partial charge in [0.25, 0.3) is 5.56 Å². The molecule has 0 saturated heterocycles. The molecular formula is C46H47F3N8O5. The van der Waals surface area contributed by atoms with Gasteiger partial charge in [-0.25, -0.2) is 15.0 Å². The van der Waals surface area contributed by atoms with E-state index in [1.54, 1.807) is 19.5 Å². The lowest BCUT2D eigenvalue weighted by Crippen LogP contribution is -2.10. The van der Waals surface area contributed by atoms with Crippen LogP contribution in [0.4, 0.5) is 13.2 Å². The van der Waals surface area contributed by atoms with Gasteiger partial charge in [-0.05, 0) is 126 Å². The minimum atomic E-state index is -4.64. The van der Waals surface area contributed by atoms with Crippen molar-refractivity contribution < 1.29 is 31.7 Å². The molecule has 2 fully saturated rings. The minimum absolute atomic E-state index is 0. The van der Waals surface area contributed by atoms with Gasteiger partial charge in [0.05, 0.1) is 46.1 Å². The highest BCUT2D eigenvalue weighted by Crippen LogP contribution is 2.44. The first-order valence-corrected chi connectivity index (χ1v) is 19.8. The van der Waals surface area contributed by atoms with Crippen LogP contribution in [0.25, 0.3) is 66.6 Å². The fourth-order valence-corrected chi connectivity index (χ4v) is 7.76. The number of imidazole rings is 2. The number of aromatic nitrogens is 8. The number of fused-ring (bicyclic) bond motifs is 2. The Bertz CT molecular complexity index is 2960. The number of halogens is 3. The van der Waals surface area contributed by atoms with E-state index in [-0.39, 0.29) is 13.0 Å². The molecule has 62 heavy (non-hydrogen) atoms. The van der Waals surface area contributed by atoms with Gasteiger partial charge in [-0.1, -0.05) is 17.7 Å². The average molecular weight is 849 g/mol. The van der Waals surface area contributed by atoms with Crippen molar-refractivity contribution in [2.75, 3.05) is 7.11 Å². The summed E-state index contributed by atoms with van der Waals surface area (Å²) in [7, 11) is 1.65. The minimum Gasteiger partial charge on any atom is -0.481 e. The summed E-state index contributed by atoms with van der Waals surface area (Å²) < 4.78 is 47.6. The molecule has 0 atom stereocenters. The maximum atomic E-state index is 12.6. The summed E-state index contributed by atoms with van der Waals surface area (Å²) >= 11 is 0. The smallest absolute Gasteiger partial charge is 0.446 e. The fourth-order valence-electron chi connectivity index (χ4n) is 7.76. The van der Waals surface area contributed by atoms with Crippen LogP contribution in [-0.2, 0) is 4.79 Å². The second-order valence-corrected chi connectivity index (χ2v) is 15.6. The Morgan fingerprint density at radius 2 is 1.19 bits per heavy atom. The number of H-pyrrole nitrogens is 3. The zero-order valence-corrected chi connectivity index (χ0v) is 34.6. The van der Waals surface area contributed by atoms with Gasteiger partial charge in [-0.2, -0.15) is 13.2 Å². The lowest BCUT2D eigenvalue weighted by Gasteiger charge is -2.13. The molecule has 10 rings (SSSR count). The normalized spacial score (nSPS) is 13.6. The molecule has 2 saturated carbocycles. The number of methoxy groups -OCH3 is 1. The monoisotopic (exact) mass is 848 g/mol. The van der Waals surface area contributed by atoms with Gasteiger partial charge in [0.15, 0.2) is 0 Å². The lowest BCUT2D eigenvalue weighted by molar-refractivity contribution is -0.156. The number of ether oxygens (including phenoxy) is 1. The Morgan fingerprint density at radius 3 is 1.60 bits per heavy atom. The van der Waals surface area contributed by atoms with Crippen LogP contribution in [0, 0.1) is 41.5 Å². The Morgan fingerprint density at radius 1 is 0.726 bits per heavy atom. The van der Waals surface area contributed by atoms with Crippen molar-refractivity contribution in [1.29, 1.82) is 0 Å². The first-order valence-electron chi connectivity index (χ1n) is 19.8. The highest BCUT2D eigenvalue weighted by atomic mass is 19.4. The van der Waals surface area contributed by atoms with Crippen molar-refractivity contribution in [2.45, 2.75) is 92.7 Å². The summed E-state index contributed by atoms with van der Waals surface area (Å²) in [6.07, 6.45) is 2.47. The molecule has 13 nitrogen and oxygen atoms in total. The van der Waals surface area contributed by atoms with E-state index in [2.05, 4.69) is 55.4 Å². The van der Waals surface area contributed by atoms with Gasteiger partial charge >= 0.3 is 6.18 Å². The zero-order chi connectivity index (χ0) is 43.3. The summed E-state index contributed by atoms with van der Waals surface area (Å²) in [6.45, 7) is 11.8. The Hall–Kier alpha value is -6.84. The van der Waals surface area contributed by atoms with Gasteiger partial charge < -0.3 is 28.7 Å². The molecule has 6 aromatic heterocycles. The zero-order valence-electron chi connectivity index (χ0n) is 34.6. The van der Waals surface area contributed by atoms with Gasteiger partial charge in [0.1, 0.15) is 23.2 Å². The molecule has 2 aliphatic carbocycles. The molecule has 0 radical (unpaired) electrons.